The molecule has 0 bridgehead atoms. The molecule has 1 aliphatic carbocycles. The number of anilines is 1. The lowest BCUT2D eigenvalue weighted by Crippen LogP contribution is -2.27. The molecule has 1 N–H and O–H groups in total. The fraction of sp³-hybridized carbons (Fsp3) is 0.343. The first-order valence-corrected chi connectivity index (χ1v) is 14.6. The number of hydrogen-bond acceptors (Lipinski definition) is 4. The van der Waals surface area contributed by atoms with Crippen molar-refractivity contribution in [3.63, 3.8) is 0 Å². The van der Waals surface area contributed by atoms with Crippen LogP contribution in [0.5, 0.6) is 0 Å². The quantitative estimate of drug-likeness (QED) is 0.407. The average Bonchev–Trinajstić information content (AvgIpc) is 3.24. The largest absolute Gasteiger partial charge is 0.545 e. The smallest absolute Gasteiger partial charge is 0.335 e. The van der Waals surface area contributed by atoms with E-state index in [1.165, 1.54) is 0 Å². The van der Waals surface area contributed by atoms with Crippen LogP contribution in [0.15, 0.2) is 82.6 Å². The summed E-state index contributed by atoms with van der Waals surface area (Å²) in [6.45, 7) is 10.7. The van der Waals surface area contributed by atoms with Crippen molar-refractivity contribution >= 4 is 40.6 Å². The first-order valence-electron chi connectivity index (χ1n) is 14.2. The van der Waals surface area contributed by atoms with Gasteiger partial charge < -0.3 is 19.9 Å². The van der Waals surface area contributed by atoms with Gasteiger partial charge in [-0.15, -0.1) is 0 Å². The van der Waals surface area contributed by atoms with Crippen molar-refractivity contribution in [2.75, 3.05) is 19.0 Å². The summed E-state index contributed by atoms with van der Waals surface area (Å²) in [7, 11) is 4.01. The highest BCUT2D eigenvalue weighted by Gasteiger charge is 2.43. The Labute approximate surface area is 252 Å². The number of rotatable bonds is 5. The molecule has 7 heteroatoms. The van der Waals surface area contributed by atoms with Crippen LogP contribution in [0.4, 0.5) is 11.4 Å². The Morgan fingerprint density at radius 3 is 2.33 bits per heavy atom. The Balaban J connectivity index is 1.48. The van der Waals surface area contributed by atoms with Gasteiger partial charge in [0, 0.05) is 46.6 Å². The zero-order valence-corrected chi connectivity index (χ0v) is 26.0. The number of hydrogen-bond donors (Lipinski definition) is 1. The molecule has 0 fully saturated rings. The molecule has 0 saturated heterocycles. The van der Waals surface area contributed by atoms with Crippen molar-refractivity contribution in [2.45, 2.75) is 58.3 Å². The molecule has 218 valence electrons. The van der Waals surface area contributed by atoms with Crippen molar-refractivity contribution in [1.82, 2.24) is 0 Å². The second-order valence-corrected chi connectivity index (χ2v) is 13.1. The molecule has 2 aromatic carbocycles. The molecule has 3 aliphatic rings. The zero-order chi connectivity index (χ0) is 30.7. The summed E-state index contributed by atoms with van der Waals surface area (Å²) in [6.07, 6.45) is 10.2. The predicted octanol–water partition coefficient (Wildman–Crippen LogP) is 6.47. The molecule has 0 radical (unpaired) electrons. The fourth-order valence-electron chi connectivity index (χ4n) is 6.78. The number of allylic oxidation sites excluding steroid dienone is 8. The summed E-state index contributed by atoms with van der Waals surface area (Å²) in [4.78, 5) is 25.2. The lowest BCUT2D eigenvalue weighted by Gasteiger charge is -2.25. The summed E-state index contributed by atoms with van der Waals surface area (Å²) in [5.74, 6) is -1.70. The van der Waals surface area contributed by atoms with Gasteiger partial charge in [-0.2, -0.15) is 4.58 Å². The van der Waals surface area contributed by atoms with Gasteiger partial charge in [0.25, 0.3) is 0 Å². The van der Waals surface area contributed by atoms with Crippen LogP contribution in [0.25, 0.3) is 0 Å². The number of halogens is 1. The van der Waals surface area contributed by atoms with Gasteiger partial charge in [-0.25, -0.2) is 4.79 Å². The van der Waals surface area contributed by atoms with E-state index in [-0.39, 0.29) is 16.5 Å². The van der Waals surface area contributed by atoms with Gasteiger partial charge in [0.05, 0.1) is 16.9 Å². The number of fused-ring (bicyclic) bond motifs is 2. The van der Waals surface area contributed by atoms with Crippen molar-refractivity contribution in [2.24, 2.45) is 5.92 Å². The highest BCUT2D eigenvalue weighted by Crippen LogP contribution is 2.48. The highest BCUT2D eigenvalue weighted by atomic mass is 35.5. The minimum Gasteiger partial charge on any atom is -0.545 e. The minimum absolute atomic E-state index is 0.178. The van der Waals surface area contributed by atoms with Gasteiger partial charge in [-0.05, 0) is 91.3 Å². The number of aromatic carboxylic acids is 2. The van der Waals surface area contributed by atoms with E-state index in [1.54, 1.807) is 24.3 Å². The molecule has 0 amide bonds. The van der Waals surface area contributed by atoms with Crippen LogP contribution in [0.1, 0.15) is 79.3 Å². The number of carboxylic acids is 2. The van der Waals surface area contributed by atoms with E-state index in [0.29, 0.717) is 5.92 Å². The van der Waals surface area contributed by atoms with Crippen LogP contribution >= 0.6 is 11.6 Å². The molecule has 0 saturated carbocycles. The number of carboxylic acid groups (broad SMARTS) is 2. The SMILES string of the molecule is CC1CC(=CC=C2N(C)c3ccc(C(=O)O)cc3C2(C)C)C(Cl)=C(C=CC2=[N+](C)c3ccc(C(=O)[O-])cc3C2(C)C)C1. The van der Waals surface area contributed by atoms with Crippen LogP contribution in [0.3, 0.4) is 0 Å². The zero-order valence-electron chi connectivity index (χ0n) is 25.2. The molecule has 2 aliphatic heterocycles. The van der Waals surface area contributed by atoms with E-state index in [9.17, 15) is 19.8 Å². The number of carbonyl (C=O) groups is 2. The van der Waals surface area contributed by atoms with E-state index in [1.807, 2.05) is 26.2 Å². The third-order valence-electron chi connectivity index (χ3n) is 9.13. The number of carbonyl (C=O) groups excluding carboxylic acids is 1. The average molecular weight is 585 g/mol. The Hall–Kier alpha value is -3.90. The van der Waals surface area contributed by atoms with Crippen LogP contribution < -0.4 is 10.0 Å². The van der Waals surface area contributed by atoms with E-state index in [2.05, 4.69) is 68.4 Å². The molecule has 2 heterocycles. The van der Waals surface area contributed by atoms with Gasteiger partial charge in [-0.3, -0.25) is 0 Å². The first-order chi connectivity index (χ1) is 19.6. The number of nitrogens with zero attached hydrogens (tertiary/aromatic N) is 2. The molecular formula is C35H37ClN2O4. The monoisotopic (exact) mass is 584 g/mol. The molecule has 0 aromatic heterocycles. The summed E-state index contributed by atoms with van der Waals surface area (Å²) >= 11 is 7.05. The van der Waals surface area contributed by atoms with Gasteiger partial charge in [0.1, 0.15) is 7.05 Å². The fourth-order valence-corrected chi connectivity index (χ4v) is 7.06. The molecule has 42 heavy (non-hydrogen) atoms. The molecular weight excluding hydrogens is 548 g/mol. The lowest BCUT2D eigenvalue weighted by molar-refractivity contribution is -0.401. The van der Waals surface area contributed by atoms with Crippen molar-refractivity contribution < 1.29 is 24.4 Å². The van der Waals surface area contributed by atoms with Gasteiger partial charge in [-0.1, -0.05) is 44.5 Å². The van der Waals surface area contributed by atoms with Gasteiger partial charge in [0.2, 0.25) is 5.69 Å². The molecule has 6 nitrogen and oxygen atoms in total. The van der Waals surface area contributed by atoms with Crippen LogP contribution in [0, 0.1) is 5.92 Å². The van der Waals surface area contributed by atoms with Crippen LogP contribution in [-0.4, -0.2) is 41.4 Å². The van der Waals surface area contributed by atoms with Crippen molar-refractivity contribution in [1.29, 1.82) is 0 Å². The Morgan fingerprint density at radius 2 is 1.67 bits per heavy atom. The second kappa shape index (κ2) is 10.4. The van der Waals surface area contributed by atoms with Crippen molar-refractivity contribution in [3.8, 4) is 0 Å². The second-order valence-electron chi connectivity index (χ2n) is 12.7. The maximum absolute atomic E-state index is 11.6. The van der Waals surface area contributed by atoms with E-state index >= 15 is 0 Å². The van der Waals surface area contributed by atoms with Crippen LogP contribution in [-0.2, 0) is 10.8 Å². The first kappa shape index (κ1) is 29.6. The molecule has 5 rings (SSSR count). The summed E-state index contributed by atoms with van der Waals surface area (Å²) in [6, 6.07) is 10.5. The molecule has 1 atom stereocenters. The van der Waals surface area contributed by atoms with E-state index < -0.39 is 17.4 Å². The Kier molecular flexibility index (Phi) is 7.34. The Morgan fingerprint density at radius 1 is 1.00 bits per heavy atom. The molecule has 0 spiro atoms. The summed E-state index contributed by atoms with van der Waals surface area (Å²) in [5.41, 5.74) is 7.90. The Bertz CT molecular complexity index is 1690. The van der Waals surface area contributed by atoms with E-state index in [0.717, 1.165) is 62.9 Å². The third kappa shape index (κ3) is 4.82. The third-order valence-corrected chi connectivity index (χ3v) is 9.62. The maximum atomic E-state index is 11.6. The number of benzene rings is 2. The lowest BCUT2D eigenvalue weighted by atomic mass is 9.80. The van der Waals surface area contributed by atoms with Gasteiger partial charge in [0.15, 0.2) is 5.71 Å². The van der Waals surface area contributed by atoms with Crippen LogP contribution in [0.2, 0.25) is 0 Å². The molecule has 2 aromatic rings. The summed E-state index contributed by atoms with van der Waals surface area (Å²) in [5, 5.41) is 21.8. The van der Waals surface area contributed by atoms with Gasteiger partial charge >= 0.3 is 5.97 Å². The molecule has 1 unspecified atom stereocenters. The number of likely N-dealkylation sites (N-methyl/N-ethyl adjacent to an activating group) is 1. The normalized spacial score (nSPS) is 22.9. The predicted molar refractivity (Wildman–Crippen MR) is 166 cm³/mol. The van der Waals surface area contributed by atoms with E-state index in [4.69, 9.17) is 11.6 Å². The topological polar surface area (TPSA) is 83.7 Å². The highest BCUT2D eigenvalue weighted by molar-refractivity contribution is 6.32. The summed E-state index contributed by atoms with van der Waals surface area (Å²) < 4.78 is 2.11. The van der Waals surface area contributed by atoms with Crippen molar-refractivity contribution in [3.05, 3.63) is 105 Å². The maximum Gasteiger partial charge on any atom is 0.335 e. The minimum atomic E-state index is -1.18. The standard InChI is InChI=1S/C35H37ClN2O4/c1-20-16-21(10-14-29-34(2,3)25-18-23(32(39)40)8-12-27(25)37(29)6)31(36)22(17-20)11-15-30-35(4,5)26-19-24(33(41)42)9-13-28(26)38(30)7/h8-15,18-20H,16-17H2,1-7H3,(H-,39,40,41,42).